The van der Waals surface area contributed by atoms with Gasteiger partial charge in [-0.2, -0.15) is 0 Å². The van der Waals surface area contributed by atoms with Gasteiger partial charge in [-0.05, 0) is 196 Å². The first-order valence-corrected chi connectivity index (χ1v) is 26.2. The van der Waals surface area contributed by atoms with Crippen molar-refractivity contribution in [1.29, 1.82) is 0 Å². The first-order chi connectivity index (χ1) is 35.6. The summed E-state index contributed by atoms with van der Waals surface area (Å²) < 4.78 is 34.6. The highest BCUT2D eigenvalue weighted by atomic mass is 16.3. The molecule has 3 heterocycles. The van der Waals surface area contributed by atoms with Gasteiger partial charge in [-0.15, -0.1) is 0 Å². The molecule has 1 aromatic heterocycles. The van der Waals surface area contributed by atoms with E-state index >= 15 is 0 Å². The Morgan fingerprint density at radius 2 is 1.06 bits per heavy atom. The molecular weight excluding hydrogens is 874 g/mol. The van der Waals surface area contributed by atoms with Gasteiger partial charge in [0.15, 0.2) is 0 Å². The highest BCUT2D eigenvalue weighted by molar-refractivity contribution is 7.00. The van der Waals surface area contributed by atoms with Crippen LogP contribution >= 0.6 is 0 Å². The molecule has 2 aliphatic heterocycles. The number of nitrogens with zero attached hydrogens (tertiary/aromatic N) is 3. The van der Waals surface area contributed by atoms with E-state index in [0.29, 0.717) is 5.56 Å². The average molecular weight is 943 g/mol. The molecular formula is C67H66BN3O. The molecule has 0 amide bonds. The Hall–Kier alpha value is -6.98. The first kappa shape index (κ1) is 41.6. The molecule has 0 fully saturated rings. The van der Waals surface area contributed by atoms with Crippen LogP contribution in [-0.2, 0) is 21.7 Å². The molecule has 8 aromatic carbocycles. The second-order valence-electron chi connectivity index (χ2n) is 24.2. The standard InChI is InChI=1S/C67H66BN3O/c1-41-35-58-63-59(36-41)71(55-24-18-26-61-62(55)46-21-14-17-25-60(46)72-61)56-38-45(69(53-22-15-12-19-42(53)2)54-23-16-13-20-43(54)3)28-30-51(56)68(63)52-39-49-50(67(10,11)34-33-66(49,8)9)40-57(52)70(58)44-27-29-47-48(37-44)65(6,7)32-31-64(47,4)5/h12-30,35-40H,31-34H2,1-11H3/i1D3. The molecule has 0 radical (unpaired) electrons. The molecule has 5 heteroatoms. The van der Waals surface area contributed by atoms with E-state index in [1.807, 2.05) is 24.3 Å². The summed E-state index contributed by atoms with van der Waals surface area (Å²) in [7, 11) is 0. The van der Waals surface area contributed by atoms with Crippen molar-refractivity contribution in [2.45, 2.75) is 123 Å². The maximum absolute atomic E-state index is 9.31. The van der Waals surface area contributed by atoms with Gasteiger partial charge in [-0.25, -0.2) is 0 Å². The number of aryl methyl sites for hydroxylation is 3. The number of hydrogen-bond acceptors (Lipinski definition) is 4. The molecule has 358 valence electrons. The summed E-state index contributed by atoms with van der Waals surface area (Å²) in [5, 5.41) is 1.99. The van der Waals surface area contributed by atoms with Crippen LogP contribution in [0, 0.1) is 20.7 Å². The van der Waals surface area contributed by atoms with Crippen molar-refractivity contribution in [3.63, 3.8) is 0 Å². The van der Waals surface area contributed by atoms with Crippen LogP contribution in [0.1, 0.15) is 124 Å². The van der Waals surface area contributed by atoms with Crippen LogP contribution in [-0.4, -0.2) is 6.71 Å². The van der Waals surface area contributed by atoms with Gasteiger partial charge < -0.3 is 19.1 Å². The van der Waals surface area contributed by atoms with Crippen molar-refractivity contribution in [3.8, 4) is 0 Å². The lowest BCUT2D eigenvalue weighted by atomic mass is 9.33. The zero-order valence-corrected chi connectivity index (χ0v) is 43.6. The van der Waals surface area contributed by atoms with Gasteiger partial charge in [0, 0.05) is 55.0 Å². The maximum Gasteiger partial charge on any atom is 0.252 e. The van der Waals surface area contributed by atoms with E-state index in [0.717, 1.165) is 121 Å². The smallest absolute Gasteiger partial charge is 0.252 e. The minimum Gasteiger partial charge on any atom is -0.456 e. The van der Waals surface area contributed by atoms with E-state index in [1.165, 1.54) is 27.7 Å². The number of furan rings is 1. The quantitative estimate of drug-likeness (QED) is 0.160. The molecule has 0 atom stereocenters. The largest absolute Gasteiger partial charge is 0.456 e. The third kappa shape index (κ3) is 6.58. The van der Waals surface area contributed by atoms with Gasteiger partial charge in [-0.1, -0.05) is 134 Å². The monoisotopic (exact) mass is 943 g/mol. The number of benzene rings is 8. The topological polar surface area (TPSA) is 22.9 Å². The Labute approximate surface area is 431 Å². The van der Waals surface area contributed by atoms with Gasteiger partial charge in [0.2, 0.25) is 0 Å². The zero-order chi connectivity index (χ0) is 52.3. The van der Waals surface area contributed by atoms with Gasteiger partial charge in [-0.3, -0.25) is 0 Å². The highest BCUT2D eigenvalue weighted by Gasteiger charge is 2.48. The molecule has 0 bridgehead atoms. The predicted octanol–water partition coefficient (Wildman–Crippen LogP) is 16.8. The summed E-state index contributed by atoms with van der Waals surface area (Å²) in [4.78, 5) is 7.24. The summed E-state index contributed by atoms with van der Waals surface area (Å²) in [6.45, 7) is 20.9. The molecule has 0 spiro atoms. The van der Waals surface area contributed by atoms with Crippen molar-refractivity contribution in [1.82, 2.24) is 0 Å². The predicted molar refractivity (Wildman–Crippen MR) is 307 cm³/mol. The molecule has 4 aliphatic rings. The Balaban J connectivity index is 1.18. The molecule has 72 heavy (non-hydrogen) atoms. The number of anilines is 9. The first-order valence-electron chi connectivity index (χ1n) is 27.7. The lowest BCUT2D eigenvalue weighted by Crippen LogP contribution is -2.62. The number of hydrogen-bond donors (Lipinski definition) is 0. The fourth-order valence-corrected chi connectivity index (χ4v) is 13.4. The van der Waals surface area contributed by atoms with Gasteiger partial charge in [0.1, 0.15) is 11.2 Å². The van der Waals surface area contributed by atoms with E-state index in [1.54, 1.807) is 0 Å². The van der Waals surface area contributed by atoms with Crippen molar-refractivity contribution >= 4 is 96.2 Å². The van der Waals surface area contributed by atoms with Crippen LogP contribution in [0.3, 0.4) is 0 Å². The van der Waals surface area contributed by atoms with Gasteiger partial charge in [0.05, 0.1) is 11.1 Å². The van der Waals surface area contributed by atoms with Crippen LogP contribution in [0.4, 0.5) is 51.2 Å². The third-order valence-electron chi connectivity index (χ3n) is 17.7. The molecule has 9 aromatic rings. The van der Waals surface area contributed by atoms with E-state index in [2.05, 4.69) is 211 Å². The van der Waals surface area contributed by atoms with Crippen LogP contribution < -0.4 is 31.1 Å². The summed E-state index contributed by atoms with van der Waals surface area (Å²) in [5.74, 6) is 0. The van der Waals surface area contributed by atoms with E-state index < -0.39 is 6.85 Å². The van der Waals surface area contributed by atoms with Crippen molar-refractivity contribution < 1.29 is 8.53 Å². The number of para-hydroxylation sites is 3. The minimum absolute atomic E-state index is 0.0264. The van der Waals surface area contributed by atoms with E-state index in [4.69, 9.17) is 4.42 Å². The number of rotatable bonds is 5. The molecule has 13 rings (SSSR count). The summed E-state index contributed by atoms with van der Waals surface area (Å²) in [6.07, 6.45) is 4.37. The fourth-order valence-electron chi connectivity index (χ4n) is 13.4. The van der Waals surface area contributed by atoms with Crippen LogP contribution in [0.5, 0.6) is 0 Å². The van der Waals surface area contributed by atoms with E-state index in [-0.39, 0.29) is 28.4 Å². The van der Waals surface area contributed by atoms with Crippen molar-refractivity contribution in [3.05, 3.63) is 191 Å². The molecule has 0 N–H and O–H groups in total. The molecule has 0 saturated heterocycles. The Morgan fingerprint density at radius 3 is 1.72 bits per heavy atom. The van der Waals surface area contributed by atoms with Gasteiger partial charge >= 0.3 is 0 Å². The Kier molecular flexibility index (Phi) is 8.97. The zero-order valence-electron chi connectivity index (χ0n) is 46.6. The Bertz CT molecular complexity index is 3810. The lowest BCUT2D eigenvalue weighted by molar-refractivity contribution is 0.332. The van der Waals surface area contributed by atoms with Gasteiger partial charge in [0.25, 0.3) is 6.71 Å². The SMILES string of the molecule is [2H]C([2H])([2H])c1cc2c3c(c1)N(c1cccc4oc5ccccc5c14)c1cc(N(c4ccccc4C)c4ccccc4C)ccc1B3c1cc3c(cc1N2c1ccc2c(c1)C(C)(C)CCC2(C)C)C(C)(C)CCC3(C)C. The minimum atomic E-state index is -2.43. The highest BCUT2D eigenvalue weighted by Crippen LogP contribution is 2.54. The molecule has 0 saturated carbocycles. The lowest BCUT2D eigenvalue weighted by Gasteiger charge is -2.48. The number of fused-ring (bicyclic) bond motifs is 9. The molecule has 2 aliphatic carbocycles. The van der Waals surface area contributed by atoms with Crippen LogP contribution in [0.15, 0.2) is 156 Å². The van der Waals surface area contributed by atoms with Crippen LogP contribution in [0.2, 0.25) is 0 Å². The van der Waals surface area contributed by atoms with Crippen LogP contribution in [0.25, 0.3) is 21.9 Å². The molecule has 0 unspecified atom stereocenters. The average Bonchev–Trinajstić information content (AvgIpc) is 3.77. The molecule has 4 nitrogen and oxygen atoms in total. The van der Waals surface area contributed by atoms with Crippen molar-refractivity contribution in [2.24, 2.45) is 0 Å². The summed E-state index contributed by atoms with van der Waals surface area (Å²) in [5.41, 5.74) is 22.1. The Morgan fingerprint density at radius 1 is 0.486 bits per heavy atom. The summed E-state index contributed by atoms with van der Waals surface area (Å²) >= 11 is 0. The second-order valence-corrected chi connectivity index (χ2v) is 24.2. The third-order valence-corrected chi connectivity index (χ3v) is 17.7. The summed E-state index contributed by atoms with van der Waals surface area (Å²) in [6, 6.07) is 55.1. The van der Waals surface area contributed by atoms with Crippen molar-refractivity contribution in [2.75, 3.05) is 14.7 Å². The maximum atomic E-state index is 9.31. The fraction of sp³-hybridized carbons (Fsp3) is 0.284. The normalized spacial score (nSPS) is 18.3. The van der Waals surface area contributed by atoms with E-state index in [9.17, 15) is 4.11 Å². The second kappa shape index (κ2) is 15.5.